The van der Waals surface area contributed by atoms with Gasteiger partial charge in [-0.1, -0.05) is 30.3 Å². The molecule has 0 unspecified atom stereocenters. The van der Waals surface area contributed by atoms with Crippen LogP contribution in [0, 0.1) is 5.82 Å². The summed E-state index contributed by atoms with van der Waals surface area (Å²) in [5, 5.41) is 3.34. The Kier molecular flexibility index (Phi) is 8.13. The topological polar surface area (TPSA) is 119 Å². The first-order valence-electron chi connectivity index (χ1n) is 11.8. The number of halogens is 1. The highest BCUT2D eigenvalue weighted by Gasteiger charge is 2.24. The Bertz CT molecular complexity index is 1590. The summed E-state index contributed by atoms with van der Waals surface area (Å²) >= 11 is 0. The summed E-state index contributed by atoms with van der Waals surface area (Å²) in [4.78, 5) is 34.0. The van der Waals surface area contributed by atoms with E-state index in [-0.39, 0.29) is 17.7 Å². The summed E-state index contributed by atoms with van der Waals surface area (Å²) in [5.74, 6) is -2.26. The van der Waals surface area contributed by atoms with E-state index in [9.17, 15) is 22.4 Å². The average molecular weight is 539 g/mol. The van der Waals surface area contributed by atoms with Crippen LogP contribution in [0.3, 0.4) is 0 Å². The van der Waals surface area contributed by atoms with E-state index in [4.69, 9.17) is 0 Å². The molecule has 4 aromatic rings. The molecule has 198 valence electrons. The van der Waals surface area contributed by atoms with Gasteiger partial charge in [-0.3, -0.25) is 9.59 Å². The van der Waals surface area contributed by atoms with Crippen LogP contribution >= 0.6 is 0 Å². The Morgan fingerprint density at radius 1 is 1.11 bits per heavy atom. The molecule has 12 heteroatoms. The molecule has 2 heterocycles. The lowest BCUT2D eigenvalue weighted by Crippen LogP contribution is -2.34. The molecule has 0 fully saturated rings. The maximum absolute atomic E-state index is 14.2. The molecule has 2 aromatic carbocycles. The standard InChI is InChI=1S/C26H27FN6O4S/c1-31(2)38(36,37)33-17-19(20-8-4-6-11-24(20)33)16-23(30-25(34)21-9-3-5-10-22(21)27)26(35)29-12-7-14-32-15-13-28-18-32/h3-6,8-11,13,15,17-18H,7,12,14,16H2,1-2H3,(H,29,35). The summed E-state index contributed by atoms with van der Waals surface area (Å²) in [6.45, 7) is 0.914. The van der Waals surface area contributed by atoms with Gasteiger partial charge in [0.25, 0.3) is 11.8 Å². The van der Waals surface area contributed by atoms with Gasteiger partial charge in [0.05, 0.1) is 17.4 Å². The molecule has 0 atom stereocenters. The number of para-hydroxylation sites is 1. The molecule has 2 aromatic heterocycles. The fraction of sp³-hybridized carbons (Fsp3) is 0.231. The van der Waals surface area contributed by atoms with Gasteiger partial charge in [0, 0.05) is 57.6 Å². The van der Waals surface area contributed by atoms with E-state index in [1.54, 1.807) is 43.0 Å². The first-order chi connectivity index (χ1) is 18.2. The number of hydrogen-bond donors (Lipinski definition) is 1. The molecule has 0 aliphatic rings. The van der Waals surface area contributed by atoms with Crippen LogP contribution < -0.4 is 5.32 Å². The minimum Gasteiger partial charge on any atom is -0.351 e. The van der Waals surface area contributed by atoms with Crippen molar-refractivity contribution < 1.29 is 22.4 Å². The number of hydrogen-bond acceptors (Lipinski definition) is 5. The van der Waals surface area contributed by atoms with Crippen LogP contribution in [0.15, 0.2) is 78.4 Å². The molecule has 0 aliphatic carbocycles. The summed E-state index contributed by atoms with van der Waals surface area (Å²) in [6, 6.07) is 12.2. The molecule has 0 bridgehead atoms. The van der Waals surface area contributed by atoms with Crippen LogP contribution in [-0.4, -0.2) is 64.4 Å². The molecule has 0 spiro atoms. The number of amides is 2. The fourth-order valence-electron chi connectivity index (χ4n) is 3.88. The molecule has 0 radical (unpaired) electrons. The number of nitrogens with one attached hydrogen (secondary N) is 1. The second kappa shape index (κ2) is 11.5. The van der Waals surface area contributed by atoms with Crippen molar-refractivity contribution in [1.29, 1.82) is 0 Å². The highest BCUT2D eigenvalue weighted by Crippen LogP contribution is 2.25. The van der Waals surface area contributed by atoms with Gasteiger partial charge in [0.2, 0.25) is 0 Å². The number of aromatic nitrogens is 3. The van der Waals surface area contributed by atoms with Crippen molar-refractivity contribution >= 4 is 38.6 Å². The number of fused-ring (bicyclic) bond motifs is 1. The maximum atomic E-state index is 14.2. The molecule has 38 heavy (non-hydrogen) atoms. The third kappa shape index (κ3) is 5.87. The third-order valence-electron chi connectivity index (χ3n) is 5.87. The minimum absolute atomic E-state index is 0.149. The molecule has 10 nitrogen and oxygen atoms in total. The quantitative estimate of drug-likeness (QED) is 0.246. The molecular weight excluding hydrogens is 511 g/mol. The number of carbonyl (C=O) groups is 2. The van der Waals surface area contributed by atoms with Crippen LogP contribution in [0.25, 0.3) is 10.9 Å². The van der Waals surface area contributed by atoms with Crippen molar-refractivity contribution in [2.24, 2.45) is 4.99 Å². The van der Waals surface area contributed by atoms with Gasteiger partial charge in [0.1, 0.15) is 11.5 Å². The van der Waals surface area contributed by atoms with Gasteiger partial charge in [-0.05, 0) is 30.2 Å². The van der Waals surface area contributed by atoms with E-state index in [1.165, 1.54) is 38.5 Å². The summed E-state index contributed by atoms with van der Waals surface area (Å²) in [5.41, 5.74) is 0.456. The van der Waals surface area contributed by atoms with Crippen molar-refractivity contribution in [1.82, 2.24) is 23.1 Å². The van der Waals surface area contributed by atoms with Gasteiger partial charge >= 0.3 is 10.2 Å². The Labute approximate surface area is 219 Å². The summed E-state index contributed by atoms with van der Waals surface area (Å²) in [7, 11) is -1.03. The Balaban J connectivity index is 1.66. The van der Waals surface area contributed by atoms with Crippen LogP contribution in [0.2, 0.25) is 0 Å². The van der Waals surface area contributed by atoms with E-state index in [0.717, 1.165) is 14.3 Å². The van der Waals surface area contributed by atoms with E-state index in [1.807, 2.05) is 4.57 Å². The number of aliphatic imine (C=N–C) groups is 1. The zero-order valence-corrected chi connectivity index (χ0v) is 21.7. The van der Waals surface area contributed by atoms with Gasteiger partial charge < -0.3 is 9.88 Å². The second-order valence-electron chi connectivity index (χ2n) is 8.69. The SMILES string of the molecule is CN(C)S(=O)(=O)n1cc(CC(=NC(=O)c2ccccc2F)C(=O)NCCCn2ccnc2)c2ccccc21. The molecule has 4 rings (SSSR count). The van der Waals surface area contributed by atoms with Gasteiger partial charge in [-0.25, -0.2) is 18.3 Å². The smallest absolute Gasteiger partial charge is 0.307 e. The van der Waals surface area contributed by atoms with Crippen LogP contribution in [-0.2, 0) is 28.0 Å². The number of carbonyl (C=O) groups excluding carboxylic acids is 2. The number of benzene rings is 2. The van der Waals surface area contributed by atoms with Crippen LogP contribution in [0.1, 0.15) is 22.3 Å². The Morgan fingerprint density at radius 3 is 2.55 bits per heavy atom. The van der Waals surface area contributed by atoms with E-state index in [2.05, 4.69) is 15.3 Å². The summed E-state index contributed by atoms with van der Waals surface area (Å²) < 4.78 is 44.2. The zero-order chi connectivity index (χ0) is 27.3. The first-order valence-corrected chi connectivity index (χ1v) is 13.2. The minimum atomic E-state index is -3.86. The van der Waals surface area contributed by atoms with Gasteiger partial charge in [-0.15, -0.1) is 0 Å². The maximum Gasteiger partial charge on any atom is 0.307 e. The predicted octanol–water partition coefficient (Wildman–Crippen LogP) is 2.66. The van der Waals surface area contributed by atoms with E-state index < -0.39 is 27.8 Å². The van der Waals surface area contributed by atoms with E-state index in [0.29, 0.717) is 36.0 Å². The van der Waals surface area contributed by atoms with Crippen molar-refractivity contribution in [3.63, 3.8) is 0 Å². The number of nitrogens with zero attached hydrogens (tertiary/aromatic N) is 5. The Morgan fingerprint density at radius 2 is 1.84 bits per heavy atom. The summed E-state index contributed by atoms with van der Waals surface area (Å²) in [6.07, 6.45) is 6.99. The van der Waals surface area contributed by atoms with Gasteiger partial charge in [-0.2, -0.15) is 12.7 Å². The highest BCUT2D eigenvalue weighted by molar-refractivity contribution is 7.87. The van der Waals surface area contributed by atoms with Gasteiger partial charge in [0.15, 0.2) is 0 Å². The average Bonchev–Trinajstić information content (AvgIpc) is 3.55. The largest absolute Gasteiger partial charge is 0.351 e. The predicted molar refractivity (Wildman–Crippen MR) is 142 cm³/mol. The number of aryl methyl sites for hydroxylation is 1. The fourth-order valence-corrected chi connectivity index (χ4v) is 4.90. The van der Waals surface area contributed by atoms with Crippen molar-refractivity contribution in [3.8, 4) is 0 Å². The molecule has 0 saturated carbocycles. The number of imidazole rings is 1. The lowest BCUT2D eigenvalue weighted by Gasteiger charge is -2.13. The van der Waals surface area contributed by atoms with Crippen molar-refractivity contribution in [2.75, 3.05) is 20.6 Å². The highest BCUT2D eigenvalue weighted by atomic mass is 32.2. The van der Waals surface area contributed by atoms with E-state index >= 15 is 0 Å². The molecular formula is C26H27FN6O4S. The second-order valence-corrected chi connectivity index (χ2v) is 10.7. The first kappa shape index (κ1) is 26.9. The Hall–Kier alpha value is -4.16. The van der Waals surface area contributed by atoms with Crippen LogP contribution in [0.4, 0.5) is 4.39 Å². The molecule has 2 amide bonds. The number of rotatable bonds is 10. The van der Waals surface area contributed by atoms with Crippen molar-refractivity contribution in [2.45, 2.75) is 19.4 Å². The van der Waals surface area contributed by atoms with Crippen molar-refractivity contribution in [3.05, 3.63) is 90.4 Å². The lowest BCUT2D eigenvalue weighted by molar-refractivity contribution is -0.114. The van der Waals surface area contributed by atoms with Crippen LogP contribution in [0.5, 0.6) is 0 Å². The molecule has 1 N–H and O–H groups in total. The third-order valence-corrected chi connectivity index (χ3v) is 7.59. The molecule has 0 saturated heterocycles. The lowest BCUT2D eigenvalue weighted by atomic mass is 10.1. The molecule has 0 aliphatic heterocycles. The normalized spacial score (nSPS) is 12.3. The zero-order valence-electron chi connectivity index (χ0n) is 20.9. The monoisotopic (exact) mass is 538 g/mol.